The lowest BCUT2D eigenvalue weighted by atomic mass is 10.1. The highest BCUT2D eigenvalue weighted by Gasteiger charge is 1.97. The summed E-state index contributed by atoms with van der Waals surface area (Å²) < 4.78 is 10.7. The summed E-state index contributed by atoms with van der Waals surface area (Å²) in [5.74, 6) is 1.00. The zero-order chi connectivity index (χ0) is 14.6. The first kappa shape index (κ1) is 16.3. The molecule has 0 radical (unpaired) electrons. The second-order valence-electron chi connectivity index (χ2n) is 4.79. The van der Waals surface area contributed by atoms with Crippen LogP contribution in [-0.4, -0.2) is 24.8 Å². The molecule has 0 saturated heterocycles. The fraction of sp³-hybridized carbons (Fsp3) is 0.562. The van der Waals surface area contributed by atoms with E-state index in [1.165, 1.54) is 0 Å². The maximum absolute atomic E-state index is 10.3. The van der Waals surface area contributed by atoms with Crippen LogP contribution in [-0.2, 0) is 4.79 Å². The van der Waals surface area contributed by atoms with Gasteiger partial charge >= 0.3 is 5.97 Å². The third kappa shape index (κ3) is 7.67. The minimum absolute atomic E-state index is 0.292. The molecule has 0 unspecified atom stereocenters. The number of aliphatic carboxylic acids is 1. The van der Waals surface area contributed by atoms with Crippen LogP contribution in [0.2, 0.25) is 0 Å². The molecule has 4 nitrogen and oxygen atoms in total. The summed E-state index contributed by atoms with van der Waals surface area (Å²) in [5, 5.41) is 8.50. The molecule has 0 atom stereocenters. The van der Waals surface area contributed by atoms with Gasteiger partial charge in [0.05, 0.1) is 13.7 Å². The van der Waals surface area contributed by atoms with Gasteiger partial charge in [0.2, 0.25) is 0 Å². The van der Waals surface area contributed by atoms with Crippen LogP contribution in [0.4, 0.5) is 0 Å². The van der Waals surface area contributed by atoms with E-state index in [1.807, 2.05) is 24.3 Å². The van der Waals surface area contributed by atoms with Gasteiger partial charge in [-0.3, -0.25) is 4.79 Å². The number of hydrogen-bond donors (Lipinski definition) is 1. The van der Waals surface area contributed by atoms with Crippen molar-refractivity contribution in [2.24, 2.45) is 0 Å². The average Bonchev–Trinajstić information content (AvgIpc) is 2.46. The van der Waals surface area contributed by atoms with Crippen molar-refractivity contribution in [3.05, 3.63) is 24.3 Å². The maximum Gasteiger partial charge on any atom is 0.303 e. The van der Waals surface area contributed by atoms with Gasteiger partial charge in [0.15, 0.2) is 0 Å². The Morgan fingerprint density at radius 2 is 1.50 bits per heavy atom. The minimum atomic E-state index is -0.696. The second kappa shape index (κ2) is 10.1. The number of benzene rings is 1. The smallest absolute Gasteiger partial charge is 0.303 e. The first-order valence-corrected chi connectivity index (χ1v) is 7.21. The van der Waals surface area contributed by atoms with E-state index in [0.29, 0.717) is 6.42 Å². The van der Waals surface area contributed by atoms with Gasteiger partial charge in [-0.1, -0.05) is 25.7 Å². The molecular formula is C16H24O4. The Morgan fingerprint density at radius 3 is 2.10 bits per heavy atom. The summed E-state index contributed by atoms with van der Waals surface area (Å²) in [6, 6.07) is 7.59. The van der Waals surface area contributed by atoms with Crippen LogP contribution in [0.25, 0.3) is 0 Å². The van der Waals surface area contributed by atoms with E-state index in [4.69, 9.17) is 14.6 Å². The molecule has 4 heteroatoms. The third-order valence-electron chi connectivity index (χ3n) is 3.11. The van der Waals surface area contributed by atoms with Gasteiger partial charge in [-0.15, -0.1) is 0 Å². The summed E-state index contributed by atoms with van der Waals surface area (Å²) in [5.41, 5.74) is 0. The van der Waals surface area contributed by atoms with Crippen molar-refractivity contribution < 1.29 is 19.4 Å². The highest BCUT2D eigenvalue weighted by atomic mass is 16.5. The van der Waals surface area contributed by atoms with E-state index in [9.17, 15) is 4.79 Å². The fourth-order valence-electron chi connectivity index (χ4n) is 1.95. The Labute approximate surface area is 120 Å². The van der Waals surface area contributed by atoms with Crippen molar-refractivity contribution in [1.82, 2.24) is 0 Å². The SMILES string of the molecule is COc1ccc(OCCCCCCCCC(=O)O)cc1. The summed E-state index contributed by atoms with van der Waals surface area (Å²) in [6.45, 7) is 0.724. The van der Waals surface area contributed by atoms with Crippen LogP contribution in [0, 0.1) is 0 Å². The predicted octanol–water partition coefficient (Wildman–Crippen LogP) is 3.89. The van der Waals surface area contributed by atoms with Crippen molar-refractivity contribution in [3.8, 4) is 11.5 Å². The topological polar surface area (TPSA) is 55.8 Å². The van der Waals surface area contributed by atoms with E-state index in [-0.39, 0.29) is 0 Å². The Balaban J connectivity index is 1.95. The van der Waals surface area contributed by atoms with Crippen molar-refractivity contribution in [2.45, 2.75) is 44.9 Å². The zero-order valence-electron chi connectivity index (χ0n) is 12.1. The molecule has 0 spiro atoms. The Kier molecular flexibility index (Phi) is 8.27. The Morgan fingerprint density at radius 1 is 0.950 bits per heavy atom. The monoisotopic (exact) mass is 280 g/mol. The number of carbonyl (C=O) groups is 1. The van der Waals surface area contributed by atoms with E-state index in [0.717, 1.165) is 56.6 Å². The van der Waals surface area contributed by atoms with E-state index in [2.05, 4.69) is 0 Å². The molecule has 0 aliphatic carbocycles. The van der Waals surface area contributed by atoms with Crippen LogP contribution in [0.5, 0.6) is 11.5 Å². The quantitative estimate of drug-likeness (QED) is 0.625. The zero-order valence-corrected chi connectivity index (χ0v) is 12.1. The Bertz CT molecular complexity index is 373. The standard InChI is InChI=1S/C16H24O4/c1-19-14-9-11-15(12-10-14)20-13-7-5-3-2-4-6-8-16(17)18/h9-12H,2-8,13H2,1H3,(H,17,18). The van der Waals surface area contributed by atoms with Gasteiger partial charge in [0.25, 0.3) is 0 Å². The molecule has 1 aromatic carbocycles. The molecule has 0 saturated carbocycles. The first-order valence-electron chi connectivity index (χ1n) is 7.21. The number of methoxy groups -OCH3 is 1. The van der Waals surface area contributed by atoms with Crippen molar-refractivity contribution >= 4 is 5.97 Å². The Hall–Kier alpha value is -1.71. The summed E-state index contributed by atoms with van der Waals surface area (Å²) >= 11 is 0. The van der Waals surface area contributed by atoms with Crippen molar-refractivity contribution in [1.29, 1.82) is 0 Å². The summed E-state index contributed by atoms with van der Waals surface area (Å²) in [4.78, 5) is 10.3. The number of carboxylic acid groups (broad SMARTS) is 1. The van der Waals surface area contributed by atoms with Crippen molar-refractivity contribution in [3.63, 3.8) is 0 Å². The lowest BCUT2D eigenvalue weighted by Gasteiger charge is -2.07. The third-order valence-corrected chi connectivity index (χ3v) is 3.11. The number of unbranched alkanes of at least 4 members (excludes halogenated alkanes) is 5. The summed E-state index contributed by atoms with van der Waals surface area (Å²) in [6.07, 6.45) is 6.50. The molecule has 0 aliphatic heterocycles. The van der Waals surface area contributed by atoms with Crippen LogP contribution in [0.3, 0.4) is 0 Å². The molecule has 0 fully saturated rings. The molecular weight excluding hydrogens is 256 g/mol. The number of carboxylic acids is 1. The van der Waals surface area contributed by atoms with Gasteiger partial charge in [-0.05, 0) is 37.1 Å². The number of rotatable bonds is 11. The molecule has 0 heterocycles. The normalized spacial score (nSPS) is 10.2. The average molecular weight is 280 g/mol. The highest BCUT2D eigenvalue weighted by molar-refractivity contribution is 5.66. The molecule has 112 valence electrons. The minimum Gasteiger partial charge on any atom is -0.497 e. The molecule has 0 bridgehead atoms. The van der Waals surface area contributed by atoms with E-state index >= 15 is 0 Å². The molecule has 1 N–H and O–H groups in total. The van der Waals surface area contributed by atoms with Gasteiger partial charge in [-0.25, -0.2) is 0 Å². The molecule has 0 aromatic heterocycles. The second-order valence-corrected chi connectivity index (χ2v) is 4.79. The van der Waals surface area contributed by atoms with Gasteiger partial charge in [0, 0.05) is 6.42 Å². The van der Waals surface area contributed by atoms with E-state index < -0.39 is 5.97 Å². The molecule has 1 aromatic rings. The molecule has 1 rings (SSSR count). The largest absolute Gasteiger partial charge is 0.497 e. The number of hydrogen-bond acceptors (Lipinski definition) is 3. The van der Waals surface area contributed by atoms with E-state index in [1.54, 1.807) is 7.11 Å². The molecule has 0 amide bonds. The maximum atomic E-state index is 10.3. The van der Waals surface area contributed by atoms with Gasteiger partial charge < -0.3 is 14.6 Å². The number of ether oxygens (including phenoxy) is 2. The lowest BCUT2D eigenvalue weighted by molar-refractivity contribution is -0.137. The van der Waals surface area contributed by atoms with Crippen LogP contribution < -0.4 is 9.47 Å². The highest BCUT2D eigenvalue weighted by Crippen LogP contribution is 2.17. The van der Waals surface area contributed by atoms with Crippen LogP contribution in [0.15, 0.2) is 24.3 Å². The fourth-order valence-corrected chi connectivity index (χ4v) is 1.95. The van der Waals surface area contributed by atoms with Crippen LogP contribution in [0.1, 0.15) is 44.9 Å². The molecule has 20 heavy (non-hydrogen) atoms. The van der Waals surface area contributed by atoms with Crippen LogP contribution >= 0.6 is 0 Å². The van der Waals surface area contributed by atoms with Gasteiger partial charge in [0.1, 0.15) is 11.5 Å². The lowest BCUT2D eigenvalue weighted by Crippen LogP contribution is -1.97. The van der Waals surface area contributed by atoms with Crippen molar-refractivity contribution in [2.75, 3.05) is 13.7 Å². The summed E-state index contributed by atoms with van der Waals surface area (Å²) in [7, 11) is 1.65. The van der Waals surface area contributed by atoms with Gasteiger partial charge in [-0.2, -0.15) is 0 Å². The predicted molar refractivity (Wildman–Crippen MR) is 78.4 cm³/mol. The molecule has 0 aliphatic rings. The first-order chi connectivity index (χ1) is 9.72.